The fourth-order valence-electron chi connectivity index (χ4n) is 3.99. The minimum absolute atomic E-state index is 0.0501. The van der Waals surface area contributed by atoms with Gasteiger partial charge in [-0.05, 0) is 51.7 Å². The molecule has 168 valence electrons. The average Bonchev–Trinajstić information content (AvgIpc) is 3.56. The summed E-state index contributed by atoms with van der Waals surface area (Å²) < 4.78 is 7.03. The van der Waals surface area contributed by atoms with Crippen LogP contribution in [0.3, 0.4) is 0 Å². The lowest BCUT2D eigenvalue weighted by atomic mass is 10.2. The number of rotatable bonds is 6. The van der Waals surface area contributed by atoms with Crippen molar-refractivity contribution < 1.29 is 9.21 Å². The monoisotopic (exact) mass is 521 g/mol. The molecule has 2 aliphatic heterocycles. The lowest BCUT2D eigenvalue weighted by molar-refractivity contribution is -0.122. The molecule has 3 aromatic rings. The second-order valence-electron chi connectivity index (χ2n) is 8.07. The lowest BCUT2D eigenvalue weighted by Gasteiger charge is -2.15. The Balaban J connectivity index is 1.42. The van der Waals surface area contributed by atoms with Gasteiger partial charge in [-0.3, -0.25) is 14.7 Å². The zero-order valence-corrected chi connectivity index (χ0v) is 20.5. The Morgan fingerprint density at radius 2 is 1.67 bits per heavy atom. The third-order valence-electron chi connectivity index (χ3n) is 5.67. The van der Waals surface area contributed by atoms with Crippen LogP contribution >= 0.6 is 27.7 Å². The highest BCUT2D eigenvalue weighted by Gasteiger charge is 2.34. The number of halogens is 1. The number of anilines is 1. The molecular formula is C26H24BrN3O2S. The Kier molecular flexibility index (Phi) is 6.69. The molecule has 2 aliphatic rings. The molecule has 0 aliphatic carbocycles. The zero-order valence-electron chi connectivity index (χ0n) is 18.1. The number of aliphatic imine (C=N–C) groups is 1. The molecule has 7 heteroatoms. The second-order valence-corrected chi connectivity index (χ2v) is 9.93. The van der Waals surface area contributed by atoms with E-state index in [2.05, 4.69) is 20.8 Å². The summed E-state index contributed by atoms with van der Waals surface area (Å²) in [4.78, 5) is 22.8. The molecule has 1 aromatic heterocycles. The van der Waals surface area contributed by atoms with Crippen LogP contribution in [0.1, 0.15) is 29.7 Å². The molecule has 1 amide bonds. The molecule has 0 N–H and O–H groups in total. The summed E-state index contributed by atoms with van der Waals surface area (Å²) in [7, 11) is 0. The zero-order chi connectivity index (χ0) is 22.6. The smallest absolute Gasteiger partial charge is 0.267 e. The number of benzene rings is 2. The molecule has 0 bridgehead atoms. The first-order valence-electron chi connectivity index (χ1n) is 11.1. The fraction of sp³-hybridized carbons (Fsp3) is 0.231. The van der Waals surface area contributed by atoms with Gasteiger partial charge in [0.05, 0.1) is 22.5 Å². The van der Waals surface area contributed by atoms with Crippen molar-refractivity contribution in [3.8, 4) is 0 Å². The summed E-state index contributed by atoms with van der Waals surface area (Å²) in [6.45, 7) is 3.01. The standard InChI is InChI=1S/C26H24BrN3O2S/c27-22-15-21(32-25(22)29-13-7-8-14-29)16-23-24(31)30(18-20-11-5-2-6-12-20)26(33-23)28-17-19-9-3-1-4-10-19/h1-6,9-12,15-16H,7-8,13-14,17-18H2/b23-16-,28-26?. The summed E-state index contributed by atoms with van der Waals surface area (Å²) >= 11 is 5.03. The number of thioether (sulfide) groups is 1. The van der Waals surface area contributed by atoms with E-state index < -0.39 is 0 Å². The van der Waals surface area contributed by atoms with E-state index in [1.54, 1.807) is 4.90 Å². The number of furan rings is 1. The van der Waals surface area contributed by atoms with E-state index in [4.69, 9.17) is 9.41 Å². The molecule has 33 heavy (non-hydrogen) atoms. The van der Waals surface area contributed by atoms with Crippen LogP contribution in [0.25, 0.3) is 6.08 Å². The summed E-state index contributed by atoms with van der Waals surface area (Å²) in [5, 5.41) is 0.712. The molecule has 3 heterocycles. The maximum absolute atomic E-state index is 13.4. The van der Waals surface area contributed by atoms with E-state index in [0.717, 1.165) is 34.6 Å². The Morgan fingerprint density at radius 1 is 1.00 bits per heavy atom. The van der Waals surface area contributed by atoms with Crippen molar-refractivity contribution in [3.05, 3.63) is 93.0 Å². The maximum Gasteiger partial charge on any atom is 0.267 e. The molecule has 0 unspecified atom stereocenters. The molecule has 2 fully saturated rings. The number of amides is 1. The van der Waals surface area contributed by atoms with Crippen molar-refractivity contribution >= 4 is 50.7 Å². The van der Waals surface area contributed by atoms with E-state index >= 15 is 0 Å². The third kappa shape index (κ3) is 5.09. The van der Waals surface area contributed by atoms with Gasteiger partial charge in [-0.1, -0.05) is 60.7 Å². The van der Waals surface area contributed by atoms with E-state index in [9.17, 15) is 4.79 Å². The molecule has 0 saturated carbocycles. The van der Waals surface area contributed by atoms with Gasteiger partial charge in [-0.2, -0.15) is 0 Å². The van der Waals surface area contributed by atoms with Gasteiger partial charge in [0.25, 0.3) is 5.91 Å². The SMILES string of the molecule is O=C1/C(=C/c2cc(Br)c(N3CCCC3)o2)SC(=NCc2ccccc2)N1Cc1ccccc1. The van der Waals surface area contributed by atoms with Crippen molar-refractivity contribution in [1.29, 1.82) is 0 Å². The van der Waals surface area contributed by atoms with E-state index in [0.29, 0.717) is 28.9 Å². The van der Waals surface area contributed by atoms with Gasteiger partial charge in [0.15, 0.2) is 5.17 Å². The number of carbonyl (C=O) groups is 1. The van der Waals surface area contributed by atoms with Crippen molar-refractivity contribution in [1.82, 2.24) is 4.90 Å². The second kappa shape index (κ2) is 10.0. The fourth-order valence-corrected chi connectivity index (χ4v) is 5.50. The number of amidine groups is 1. The number of nitrogens with zero attached hydrogens (tertiary/aromatic N) is 3. The molecule has 5 rings (SSSR count). The maximum atomic E-state index is 13.4. The quantitative estimate of drug-likeness (QED) is 0.356. The number of hydrogen-bond donors (Lipinski definition) is 0. The van der Waals surface area contributed by atoms with Crippen molar-refractivity contribution in [2.24, 2.45) is 4.99 Å². The van der Waals surface area contributed by atoms with Crippen LogP contribution in [-0.2, 0) is 17.9 Å². The highest BCUT2D eigenvalue weighted by Crippen LogP contribution is 2.37. The highest BCUT2D eigenvalue weighted by molar-refractivity contribution is 9.10. The predicted molar refractivity (Wildman–Crippen MR) is 138 cm³/mol. The number of carbonyl (C=O) groups excluding carboxylic acids is 1. The summed E-state index contributed by atoms with van der Waals surface area (Å²) in [5.41, 5.74) is 2.18. The summed E-state index contributed by atoms with van der Waals surface area (Å²) in [6, 6.07) is 22.0. The molecule has 2 saturated heterocycles. The van der Waals surface area contributed by atoms with Gasteiger partial charge in [0, 0.05) is 25.2 Å². The minimum Gasteiger partial charge on any atom is -0.440 e. The molecule has 0 radical (unpaired) electrons. The molecule has 0 atom stereocenters. The number of hydrogen-bond acceptors (Lipinski definition) is 5. The van der Waals surface area contributed by atoms with Crippen LogP contribution < -0.4 is 4.90 Å². The first-order chi connectivity index (χ1) is 16.2. The Hall–Kier alpha value is -2.77. The van der Waals surface area contributed by atoms with Gasteiger partial charge >= 0.3 is 0 Å². The average molecular weight is 522 g/mol. The van der Waals surface area contributed by atoms with Crippen molar-refractivity contribution in [3.63, 3.8) is 0 Å². The predicted octanol–water partition coefficient (Wildman–Crippen LogP) is 6.32. The van der Waals surface area contributed by atoms with Gasteiger partial charge in [0.1, 0.15) is 5.76 Å². The Labute approximate surface area is 206 Å². The van der Waals surface area contributed by atoms with Gasteiger partial charge < -0.3 is 9.32 Å². The largest absolute Gasteiger partial charge is 0.440 e. The molecule has 5 nitrogen and oxygen atoms in total. The van der Waals surface area contributed by atoms with Crippen LogP contribution in [0.15, 0.2) is 85.5 Å². The first kappa shape index (κ1) is 22.0. The summed E-state index contributed by atoms with van der Waals surface area (Å²) in [5.74, 6) is 1.46. The highest BCUT2D eigenvalue weighted by atomic mass is 79.9. The van der Waals surface area contributed by atoms with Gasteiger partial charge in [-0.25, -0.2) is 0 Å². The van der Waals surface area contributed by atoms with Crippen LogP contribution in [0, 0.1) is 0 Å². The van der Waals surface area contributed by atoms with Crippen LogP contribution in [0.2, 0.25) is 0 Å². The topological polar surface area (TPSA) is 49.1 Å². The molecular weight excluding hydrogens is 498 g/mol. The third-order valence-corrected chi connectivity index (χ3v) is 7.28. The van der Waals surface area contributed by atoms with Gasteiger partial charge in [0.2, 0.25) is 5.88 Å². The summed E-state index contributed by atoms with van der Waals surface area (Å²) in [6.07, 6.45) is 4.18. The Bertz CT molecular complexity index is 1180. The van der Waals surface area contributed by atoms with Crippen LogP contribution in [-0.4, -0.2) is 29.1 Å². The van der Waals surface area contributed by atoms with Crippen molar-refractivity contribution in [2.45, 2.75) is 25.9 Å². The van der Waals surface area contributed by atoms with Crippen LogP contribution in [0.4, 0.5) is 5.88 Å². The van der Waals surface area contributed by atoms with E-state index in [1.807, 2.05) is 72.8 Å². The normalized spacial score (nSPS) is 18.8. The molecule has 2 aromatic carbocycles. The first-order valence-corrected chi connectivity index (χ1v) is 12.7. The lowest BCUT2D eigenvalue weighted by Crippen LogP contribution is -2.28. The van der Waals surface area contributed by atoms with Crippen LogP contribution in [0.5, 0.6) is 0 Å². The van der Waals surface area contributed by atoms with E-state index in [1.165, 1.54) is 24.6 Å². The van der Waals surface area contributed by atoms with Crippen molar-refractivity contribution in [2.75, 3.05) is 18.0 Å². The molecule has 0 spiro atoms. The van der Waals surface area contributed by atoms with E-state index in [-0.39, 0.29) is 5.91 Å². The van der Waals surface area contributed by atoms with Gasteiger partial charge in [-0.15, -0.1) is 0 Å². The minimum atomic E-state index is -0.0501. The Morgan fingerprint density at radius 3 is 2.36 bits per heavy atom.